The van der Waals surface area contributed by atoms with Crippen LogP contribution in [0.25, 0.3) is 0 Å². The standard InChI is InChI=1S/C15H25N3O2S/c1-2-18(13-10-14-8-11-16-12-9-14)21(19,20)17-15-6-4-3-5-7-15/h8-9,11-12,15,17H,2-7,10,13H2,1H3. The molecule has 0 radical (unpaired) electrons. The molecule has 0 aliphatic heterocycles. The van der Waals surface area contributed by atoms with E-state index >= 15 is 0 Å². The van der Waals surface area contributed by atoms with Gasteiger partial charge >= 0.3 is 0 Å². The first-order chi connectivity index (χ1) is 10.1. The van der Waals surface area contributed by atoms with Gasteiger partial charge in [-0.05, 0) is 37.0 Å². The first kappa shape index (κ1) is 16.4. The van der Waals surface area contributed by atoms with Gasteiger partial charge in [0.1, 0.15) is 0 Å². The Kier molecular flexibility index (Phi) is 6.14. The molecule has 1 aliphatic rings. The van der Waals surface area contributed by atoms with Gasteiger partial charge in [-0.15, -0.1) is 0 Å². The Morgan fingerprint density at radius 3 is 2.52 bits per heavy atom. The SMILES string of the molecule is CCN(CCc1ccncc1)S(=O)(=O)NC1CCCCC1. The minimum absolute atomic E-state index is 0.110. The molecule has 21 heavy (non-hydrogen) atoms. The molecular formula is C15H25N3O2S. The van der Waals surface area contributed by atoms with Crippen molar-refractivity contribution in [2.75, 3.05) is 13.1 Å². The van der Waals surface area contributed by atoms with Crippen molar-refractivity contribution in [1.29, 1.82) is 0 Å². The van der Waals surface area contributed by atoms with E-state index < -0.39 is 10.2 Å². The van der Waals surface area contributed by atoms with Crippen LogP contribution >= 0.6 is 0 Å². The Labute approximate surface area is 128 Å². The predicted octanol–water partition coefficient (Wildman–Crippen LogP) is 2.11. The van der Waals surface area contributed by atoms with Crippen molar-refractivity contribution in [3.05, 3.63) is 30.1 Å². The smallest absolute Gasteiger partial charge is 0.265 e. The van der Waals surface area contributed by atoms with Crippen LogP contribution in [0, 0.1) is 0 Å². The van der Waals surface area contributed by atoms with Gasteiger partial charge in [0.2, 0.25) is 0 Å². The van der Waals surface area contributed by atoms with Crippen LogP contribution in [0.5, 0.6) is 0 Å². The van der Waals surface area contributed by atoms with Gasteiger partial charge in [-0.25, -0.2) is 0 Å². The maximum Gasteiger partial charge on any atom is 0.279 e. The van der Waals surface area contributed by atoms with E-state index in [1.807, 2.05) is 19.1 Å². The molecule has 1 heterocycles. The maximum absolute atomic E-state index is 12.5. The normalized spacial score (nSPS) is 17.2. The Morgan fingerprint density at radius 2 is 1.90 bits per heavy atom. The number of hydrogen-bond acceptors (Lipinski definition) is 3. The summed E-state index contributed by atoms with van der Waals surface area (Å²) in [7, 11) is -3.37. The van der Waals surface area contributed by atoms with Crippen LogP contribution in [-0.4, -0.2) is 36.8 Å². The van der Waals surface area contributed by atoms with Crippen LogP contribution in [0.1, 0.15) is 44.6 Å². The molecule has 0 aromatic carbocycles. The lowest BCUT2D eigenvalue weighted by atomic mass is 9.96. The van der Waals surface area contributed by atoms with E-state index in [0.717, 1.165) is 31.2 Å². The summed E-state index contributed by atoms with van der Waals surface area (Å²) in [5.74, 6) is 0. The minimum Gasteiger partial charge on any atom is -0.265 e. The lowest BCUT2D eigenvalue weighted by Gasteiger charge is -2.27. The highest BCUT2D eigenvalue weighted by atomic mass is 32.2. The highest BCUT2D eigenvalue weighted by molar-refractivity contribution is 7.87. The average Bonchev–Trinajstić information content (AvgIpc) is 2.49. The summed E-state index contributed by atoms with van der Waals surface area (Å²) in [6, 6.07) is 3.96. The lowest BCUT2D eigenvalue weighted by molar-refractivity contribution is 0.379. The molecule has 1 aliphatic carbocycles. The Balaban J connectivity index is 1.91. The Hall–Kier alpha value is -0.980. The van der Waals surface area contributed by atoms with Crippen molar-refractivity contribution in [3.63, 3.8) is 0 Å². The number of rotatable bonds is 7. The predicted molar refractivity (Wildman–Crippen MR) is 84.1 cm³/mol. The second-order valence-electron chi connectivity index (χ2n) is 5.55. The third-order valence-electron chi connectivity index (χ3n) is 4.01. The number of hydrogen-bond donors (Lipinski definition) is 1. The van der Waals surface area contributed by atoms with Crippen molar-refractivity contribution < 1.29 is 8.42 Å². The number of nitrogens with one attached hydrogen (secondary N) is 1. The zero-order chi connectivity index (χ0) is 15.1. The molecule has 1 N–H and O–H groups in total. The van der Waals surface area contributed by atoms with Gasteiger partial charge in [0.15, 0.2) is 0 Å². The van der Waals surface area contributed by atoms with Gasteiger partial charge in [0, 0.05) is 31.5 Å². The first-order valence-corrected chi connectivity index (χ1v) is 9.22. The zero-order valence-electron chi connectivity index (χ0n) is 12.7. The quantitative estimate of drug-likeness (QED) is 0.839. The van der Waals surface area contributed by atoms with E-state index in [4.69, 9.17) is 0 Å². The maximum atomic E-state index is 12.5. The van der Waals surface area contributed by atoms with E-state index in [1.165, 1.54) is 10.7 Å². The van der Waals surface area contributed by atoms with E-state index in [-0.39, 0.29) is 6.04 Å². The van der Waals surface area contributed by atoms with Crippen LogP contribution in [-0.2, 0) is 16.6 Å². The van der Waals surface area contributed by atoms with Gasteiger partial charge in [0.05, 0.1) is 0 Å². The highest BCUT2D eigenvalue weighted by Crippen LogP contribution is 2.18. The fourth-order valence-corrected chi connectivity index (χ4v) is 4.23. The molecule has 2 rings (SSSR count). The number of aromatic nitrogens is 1. The second kappa shape index (κ2) is 7.87. The third kappa shape index (κ3) is 5.05. The van der Waals surface area contributed by atoms with Crippen LogP contribution in [0.15, 0.2) is 24.5 Å². The molecule has 0 saturated heterocycles. The third-order valence-corrected chi connectivity index (χ3v) is 5.76. The van der Waals surface area contributed by atoms with Crippen LogP contribution < -0.4 is 4.72 Å². The van der Waals surface area contributed by atoms with E-state index in [0.29, 0.717) is 19.5 Å². The largest absolute Gasteiger partial charge is 0.279 e. The van der Waals surface area contributed by atoms with E-state index in [1.54, 1.807) is 12.4 Å². The van der Waals surface area contributed by atoms with E-state index in [9.17, 15) is 8.42 Å². The monoisotopic (exact) mass is 311 g/mol. The highest BCUT2D eigenvalue weighted by Gasteiger charge is 2.25. The fourth-order valence-electron chi connectivity index (χ4n) is 2.76. The Morgan fingerprint density at radius 1 is 1.24 bits per heavy atom. The number of likely N-dealkylation sites (N-methyl/N-ethyl adjacent to an activating group) is 1. The first-order valence-electron chi connectivity index (χ1n) is 7.78. The minimum atomic E-state index is -3.37. The molecule has 0 amide bonds. The van der Waals surface area contributed by atoms with Crippen molar-refractivity contribution in [2.45, 2.75) is 51.5 Å². The van der Waals surface area contributed by atoms with Crippen LogP contribution in [0.2, 0.25) is 0 Å². The van der Waals surface area contributed by atoms with Crippen molar-refractivity contribution in [3.8, 4) is 0 Å². The van der Waals surface area contributed by atoms with Crippen LogP contribution in [0.3, 0.4) is 0 Å². The van der Waals surface area contributed by atoms with Crippen molar-refractivity contribution in [1.82, 2.24) is 14.0 Å². The van der Waals surface area contributed by atoms with Gasteiger partial charge in [-0.1, -0.05) is 26.2 Å². The van der Waals surface area contributed by atoms with E-state index in [2.05, 4.69) is 9.71 Å². The van der Waals surface area contributed by atoms with Gasteiger partial charge in [0.25, 0.3) is 10.2 Å². The summed E-state index contributed by atoms with van der Waals surface area (Å²) < 4.78 is 29.3. The van der Waals surface area contributed by atoms with Crippen molar-refractivity contribution in [2.24, 2.45) is 0 Å². The molecule has 0 atom stereocenters. The van der Waals surface area contributed by atoms with Gasteiger partial charge < -0.3 is 0 Å². The molecule has 5 nitrogen and oxygen atoms in total. The Bertz CT molecular complexity index is 513. The molecule has 6 heteroatoms. The van der Waals surface area contributed by atoms with Gasteiger partial charge in [-0.3, -0.25) is 4.98 Å². The number of pyridine rings is 1. The molecule has 1 aromatic heterocycles. The van der Waals surface area contributed by atoms with Gasteiger partial charge in [-0.2, -0.15) is 17.4 Å². The molecule has 118 valence electrons. The molecule has 1 aromatic rings. The fraction of sp³-hybridized carbons (Fsp3) is 0.667. The summed E-state index contributed by atoms with van der Waals surface area (Å²) in [6.07, 6.45) is 9.56. The molecule has 0 unspecified atom stereocenters. The summed E-state index contributed by atoms with van der Waals surface area (Å²) in [6.45, 7) is 2.88. The molecular weight excluding hydrogens is 286 g/mol. The van der Waals surface area contributed by atoms with Crippen LogP contribution in [0.4, 0.5) is 0 Å². The summed E-state index contributed by atoms with van der Waals surface area (Å²) in [5.41, 5.74) is 1.11. The molecule has 1 saturated carbocycles. The second-order valence-corrected chi connectivity index (χ2v) is 7.26. The summed E-state index contributed by atoms with van der Waals surface area (Å²) in [4.78, 5) is 3.97. The summed E-state index contributed by atoms with van der Waals surface area (Å²) in [5, 5.41) is 0. The van der Waals surface area contributed by atoms with Crippen molar-refractivity contribution >= 4 is 10.2 Å². The molecule has 0 bridgehead atoms. The molecule has 1 fully saturated rings. The average molecular weight is 311 g/mol. The molecule has 0 spiro atoms. The zero-order valence-corrected chi connectivity index (χ0v) is 13.5. The summed E-state index contributed by atoms with van der Waals surface area (Å²) >= 11 is 0. The topological polar surface area (TPSA) is 62.3 Å². The number of nitrogens with zero attached hydrogens (tertiary/aromatic N) is 2. The lowest BCUT2D eigenvalue weighted by Crippen LogP contribution is -2.46.